The molecule has 0 bridgehead atoms. The lowest BCUT2D eigenvalue weighted by Crippen LogP contribution is -2.38. The van der Waals surface area contributed by atoms with E-state index in [0.717, 1.165) is 0 Å². The first kappa shape index (κ1) is 15.1. The predicted octanol–water partition coefficient (Wildman–Crippen LogP) is 1.45. The zero-order valence-corrected chi connectivity index (χ0v) is 11.6. The van der Waals surface area contributed by atoms with Crippen molar-refractivity contribution in [3.05, 3.63) is 0 Å². The molecule has 1 unspecified atom stereocenters. The Morgan fingerprint density at radius 2 is 1.80 bits per heavy atom. The van der Waals surface area contributed by atoms with Crippen LogP contribution in [0.25, 0.3) is 0 Å². The maximum Gasteiger partial charge on any atom is 0.140 e. The van der Waals surface area contributed by atoms with Gasteiger partial charge in [0.2, 0.25) is 0 Å². The van der Waals surface area contributed by atoms with E-state index in [1.807, 2.05) is 28.1 Å². The van der Waals surface area contributed by atoms with Crippen LogP contribution in [0.2, 0.25) is 0 Å². The first-order chi connectivity index (χ1) is 6.52. The van der Waals surface area contributed by atoms with Crippen molar-refractivity contribution in [1.82, 2.24) is 0 Å². The Morgan fingerprint density at radius 1 is 1.33 bits per heavy atom. The molecule has 15 heavy (non-hydrogen) atoms. The van der Waals surface area contributed by atoms with Gasteiger partial charge >= 0.3 is 0 Å². The quantitative estimate of drug-likeness (QED) is 0.519. The van der Waals surface area contributed by atoms with E-state index in [4.69, 9.17) is 4.52 Å². The molecule has 1 atom stereocenters. The lowest BCUT2D eigenvalue weighted by atomic mass is 10.1. The maximum atomic E-state index is 11.8. The van der Waals surface area contributed by atoms with Crippen LogP contribution in [0.5, 0.6) is 0 Å². The fraction of sp³-hybridized carbons (Fsp3) is 1.00. The summed E-state index contributed by atoms with van der Waals surface area (Å²) in [6.45, 7) is 6.20. The van der Waals surface area contributed by atoms with E-state index in [1.165, 1.54) is 0 Å². The molecular weight excluding hydrogens is 213 g/mol. The third-order valence-corrected chi connectivity index (χ3v) is 4.95. The second-order valence-corrected chi connectivity index (χ2v) is 7.97. The van der Waals surface area contributed by atoms with E-state index in [9.17, 15) is 9.46 Å². The summed E-state index contributed by atoms with van der Waals surface area (Å²) in [7, 11) is 2.27. The molecule has 0 fully saturated rings. The highest BCUT2D eigenvalue weighted by Crippen LogP contribution is 2.52. The van der Waals surface area contributed by atoms with Crippen molar-refractivity contribution in [2.24, 2.45) is 0 Å². The normalized spacial score (nSPS) is 17.5. The van der Waals surface area contributed by atoms with Gasteiger partial charge in [0, 0.05) is 5.16 Å². The van der Waals surface area contributed by atoms with Crippen molar-refractivity contribution in [3.63, 3.8) is 0 Å². The molecule has 0 saturated heterocycles. The zero-order chi connectivity index (χ0) is 12.3. The van der Waals surface area contributed by atoms with Crippen molar-refractivity contribution in [1.29, 1.82) is 0 Å². The molecule has 4 nitrogen and oxygen atoms in total. The highest BCUT2D eigenvalue weighted by Gasteiger charge is 2.30. The largest absolute Gasteiger partial charge is 0.778 e. The maximum absolute atomic E-state index is 11.8. The van der Waals surface area contributed by atoms with Gasteiger partial charge in [-0.05, 0) is 6.42 Å². The van der Waals surface area contributed by atoms with Crippen molar-refractivity contribution in [3.8, 4) is 0 Å². The Hall–Kier alpha value is 0.110. The standard InChI is InChI=1S/C10H24NO3P/c1-7-10(2,3)15(12,13)14-9-8-11(4,5)6/h7-9H2,1-6H3. The molecule has 0 aromatic rings. The smallest absolute Gasteiger partial charge is 0.140 e. The van der Waals surface area contributed by atoms with Crippen LogP contribution in [0.15, 0.2) is 0 Å². The molecule has 0 saturated carbocycles. The summed E-state index contributed by atoms with van der Waals surface area (Å²) >= 11 is 0. The molecule has 0 aliphatic heterocycles. The number of hydrogen-bond donors (Lipinski definition) is 0. The average Bonchev–Trinajstić information content (AvgIpc) is 2.01. The molecular formula is C10H24NO3P. The number of likely N-dealkylation sites (N-methyl/N-ethyl adjacent to an activating group) is 1. The van der Waals surface area contributed by atoms with Crippen LogP contribution in [0.1, 0.15) is 27.2 Å². The van der Waals surface area contributed by atoms with Gasteiger partial charge in [-0.2, -0.15) is 0 Å². The van der Waals surface area contributed by atoms with Gasteiger partial charge in [0.05, 0.1) is 21.1 Å². The lowest BCUT2D eigenvalue weighted by Gasteiger charge is -2.38. The second kappa shape index (κ2) is 4.96. The fourth-order valence-corrected chi connectivity index (χ4v) is 1.86. The van der Waals surface area contributed by atoms with Gasteiger partial charge in [0.25, 0.3) is 0 Å². The summed E-state index contributed by atoms with van der Waals surface area (Å²) in [5.74, 6) is 0. The van der Waals surface area contributed by atoms with Crippen LogP contribution in [0, 0.1) is 0 Å². The van der Waals surface area contributed by atoms with E-state index < -0.39 is 12.8 Å². The minimum atomic E-state index is -3.74. The molecule has 0 N–H and O–H groups in total. The molecule has 0 spiro atoms. The molecule has 0 rings (SSSR count). The number of hydrogen-bond acceptors (Lipinski definition) is 3. The molecule has 92 valence electrons. The molecule has 0 amide bonds. The van der Waals surface area contributed by atoms with Crippen molar-refractivity contribution in [2.45, 2.75) is 32.3 Å². The monoisotopic (exact) mass is 237 g/mol. The van der Waals surface area contributed by atoms with Gasteiger partial charge < -0.3 is 18.5 Å². The molecule has 0 aliphatic rings. The Balaban J connectivity index is 4.24. The van der Waals surface area contributed by atoms with E-state index in [0.29, 0.717) is 17.4 Å². The molecule has 0 aromatic carbocycles. The highest BCUT2D eigenvalue weighted by atomic mass is 31.2. The van der Waals surface area contributed by atoms with Gasteiger partial charge in [-0.25, -0.2) is 0 Å². The van der Waals surface area contributed by atoms with E-state index in [1.54, 1.807) is 13.8 Å². The zero-order valence-electron chi connectivity index (χ0n) is 10.7. The summed E-state index contributed by atoms with van der Waals surface area (Å²) in [5, 5.41) is -0.766. The van der Waals surface area contributed by atoms with Gasteiger partial charge in [0.1, 0.15) is 20.7 Å². The van der Waals surface area contributed by atoms with Crippen molar-refractivity contribution >= 4 is 7.60 Å². The Morgan fingerprint density at radius 3 is 2.13 bits per heavy atom. The average molecular weight is 237 g/mol. The van der Waals surface area contributed by atoms with Crippen LogP contribution in [0.4, 0.5) is 0 Å². The molecule has 0 aliphatic carbocycles. The summed E-state index contributed by atoms with van der Waals surface area (Å²) in [6.07, 6.45) is 0.568. The number of nitrogens with zero attached hydrogens (tertiary/aromatic N) is 1. The van der Waals surface area contributed by atoms with Crippen LogP contribution < -0.4 is 4.89 Å². The van der Waals surface area contributed by atoms with Crippen LogP contribution >= 0.6 is 7.60 Å². The molecule has 0 aromatic heterocycles. The molecule has 0 heterocycles. The Kier molecular flexibility index (Phi) is 5.00. The number of rotatable bonds is 6. The van der Waals surface area contributed by atoms with Gasteiger partial charge in [0.15, 0.2) is 0 Å². The molecule has 0 radical (unpaired) electrons. The van der Waals surface area contributed by atoms with Crippen LogP contribution in [-0.4, -0.2) is 43.9 Å². The first-order valence-electron chi connectivity index (χ1n) is 5.28. The SMILES string of the molecule is CCC(C)(C)P(=O)([O-])OCC[N+](C)(C)C. The van der Waals surface area contributed by atoms with Gasteiger partial charge in [-0.3, -0.25) is 0 Å². The van der Waals surface area contributed by atoms with E-state index in [2.05, 4.69) is 0 Å². The van der Waals surface area contributed by atoms with Crippen molar-refractivity contribution < 1.29 is 18.5 Å². The first-order valence-corrected chi connectivity index (χ1v) is 6.82. The van der Waals surface area contributed by atoms with E-state index in [-0.39, 0.29) is 6.61 Å². The third kappa shape index (κ3) is 5.12. The Labute approximate surface area is 93.4 Å². The summed E-state index contributed by atoms with van der Waals surface area (Å²) in [4.78, 5) is 11.8. The second-order valence-electron chi connectivity index (χ2n) is 5.51. The fourth-order valence-electron chi connectivity index (χ4n) is 0.803. The minimum Gasteiger partial charge on any atom is -0.778 e. The van der Waals surface area contributed by atoms with Crippen molar-refractivity contribution in [2.75, 3.05) is 34.3 Å². The third-order valence-electron chi connectivity index (χ3n) is 2.63. The van der Waals surface area contributed by atoms with Gasteiger partial charge in [-0.15, -0.1) is 0 Å². The summed E-state index contributed by atoms with van der Waals surface area (Å²) in [6, 6.07) is 0. The Bertz CT molecular complexity index is 246. The summed E-state index contributed by atoms with van der Waals surface area (Å²) in [5.41, 5.74) is 0. The van der Waals surface area contributed by atoms with E-state index >= 15 is 0 Å². The topological polar surface area (TPSA) is 49.4 Å². The lowest BCUT2D eigenvalue weighted by molar-refractivity contribution is -0.870. The molecule has 5 heteroatoms. The van der Waals surface area contributed by atoms with Crippen LogP contribution in [0.3, 0.4) is 0 Å². The van der Waals surface area contributed by atoms with Crippen LogP contribution in [-0.2, 0) is 9.09 Å². The number of quaternary nitrogens is 1. The predicted molar refractivity (Wildman–Crippen MR) is 60.8 cm³/mol. The summed E-state index contributed by atoms with van der Waals surface area (Å²) < 4.78 is 17.5. The highest BCUT2D eigenvalue weighted by molar-refractivity contribution is 7.53. The minimum absolute atomic E-state index is 0.258. The van der Waals surface area contributed by atoms with Gasteiger partial charge in [-0.1, -0.05) is 20.8 Å².